The van der Waals surface area contributed by atoms with Crippen LogP contribution in [0.5, 0.6) is 0 Å². The van der Waals surface area contributed by atoms with E-state index in [0.717, 1.165) is 30.6 Å². The Morgan fingerprint density at radius 1 is 1.00 bits per heavy atom. The number of hydrogen-bond acceptors (Lipinski definition) is 2. The van der Waals surface area contributed by atoms with Crippen molar-refractivity contribution in [1.29, 1.82) is 0 Å². The molecular formula is C20H22N2O2. The van der Waals surface area contributed by atoms with Crippen LogP contribution in [-0.2, 0) is 22.4 Å². The number of benzene rings is 2. The molecule has 1 aliphatic rings. The Balaban J connectivity index is 1.47. The van der Waals surface area contributed by atoms with Crippen LogP contribution in [-0.4, -0.2) is 24.9 Å². The molecule has 124 valence electrons. The number of hydrogen-bond donors (Lipinski definition) is 1. The van der Waals surface area contributed by atoms with Crippen molar-refractivity contribution in [3.05, 3.63) is 65.7 Å². The van der Waals surface area contributed by atoms with Crippen LogP contribution in [0, 0.1) is 0 Å². The molecule has 0 saturated carbocycles. The molecule has 2 amide bonds. The number of amides is 2. The summed E-state index contributed by atoms with van der Waals surface area (Å²) in [6.45, 7) is 1.43. The van der Waals surface area contributed by atoms with Gasteiger partial charge in [0.05, 0.1) is 6.42 Å². The van der Waals surface area contributed by atoms with E-state index in [0.29, 0.717) is 19.4 Å². The second-order valence-corrected chi connectivity index (χ2v) is 6.08. The Hall–Kier alpha value is -2.62. The number of nitrogens with zero attached hydrogens (tertiary/aromatic N) is 1. The summed E-state index contributed by atoms with van der Waals surface area (Å²) in [6, 6.07) is 17.8. The average Bonchev–Trinajstić information content (AvgIpc) is 3.03. The van der Waals surface area contributed by atoms with E-state index in [2.05, 4.69) is 17.4 Å². The Bertz CT molecular complexity index is 695. The average molecular weight is 322 g/mol. The van der Waals surface area contributed by atoms with E-state index in [9.17, 15) is 9.59 Å². The van der Waals surface area contributed by atoms with Crippen molar-refractivity contribution in [2.24, 2.45) is 0 Å². The van der Waals surface area contributed by atoms with Crippen LogP contribution in [0.3, 0.4) is 0 Å². The van der Waals surface area contributed by atoms with E-state index < -0.39 is 0 Å². The molecule has 1 saturated heterocycles. The zero-order valence-corrected chi connectivity index (χ0v) is 13.7. The lowest BCUT2D eigenvalue weighted by atomic mass is 10.1. The maximum Gasteiger partial charge on any atom is 0.227 e. The molecular weight excluding hydrogens is 300 g/mol. The molecule has 2 aromatic rings. The van der Waals surface area contributed by atoms with Gasteiger partial charge in [-0.15, -0.1) is 0 Å². The summed E-state index contributed by atoms with van der Waals surface area (Å²) in [5, 5.41) is 2.95. The third-order valence-electron chi connectivity index (χ3n) is 4.26. The van der Waals surface area contributed by atoms with Gasteiger partial charge < -0.3 is 10.2 Å². The minimum atomic E-state index is 0.0240. The molecule has 0 atom stereocenters. The summed E-state index contributed by atoms with van der Waals surface area (Å²) in [5.41, 5.74) is 3.10. The first-order chi connectivity index (χ1) is 11.7. The van der Waals surface area contributed by atoms with Gasteiger partial charge in [0, 0.05) is 25.2 Å². The van der Waals surface area contributed by atoms with Crippen molar-refractivity contribution in [2.45, 2.75) is 25.7 Å². The van der Waals surface area contributed by atoms with Gasteiger partial charge >= 0.3 is 0 Å². The van der Waals surface area contributed by atoms with Gasteiger partial charge in [-0.1, -0.05) is 42.5 Å². The largest absolute Gasteiger partial charge is 0.355 e. The molecule has 0 bridgehead atoms. The van der Waals surface area contributed by atoms with Crippen LogP contribution in [0.4, 0.5) is 5.69 Å². The Morgan fingerprint density at radius 3 is 2.42 bits per heavy atom. The van der Waals surface area contributed by atoms with Gasteiger partial charge in [0.25, 0.3) is 0 Å². The van der Waals surface area contributed by atoms with Gasteiger partial charge in [0.1, 0.15) is 0 Å². The molecule has 1 fully saturated rings. The fourth-order valence-electron chi connectivity index (χ4n) is 2.95. The van der Waals surface area contributed by atoms with Crippen molar-refractivity contribution in [1.82, 2.24) is 5.32 Å². The van der Waals surface area contributed by atoms with Crippen LogP contribution in [0.1, 0.15) is 24.0 Å². The monoisotopic (exact) mass is 322 g/mol. The maximum absolute atomic E-state index is 12.0. The highest BCUT2D eigenvalue weighted by molar-refractivity contribution is 5.95. The van der Waals surface area contributed by atoms with Crippen LogP contribution in [0.2, 0.25) is 0 Å². The number of carbonyl (C=O) groups excluding carboxylic acids is 2. The molecule has 0 radical (unpaired) electrons. The van der Waals surface area contributed by atoms with E-state index >= 15 is 0 Å². The van der Waals surface area contributed by atoms with Crippen molar-refractivity contribution < 1.29 is 9.59 Å². The quantitative estimate of drug-likeness (QED) is 0.889. The van der Waals surface area contributed by atoms with Crippen LogP contribution < -0.4 is 10.2 Å². The van der Waals surface area contributed by atoms with Gasteiger partial charge in [0.2, 0.25) is 11.8 Å². The van der Waals surface area contributed by atoms with Crippen LogP contribution in [0.15, 0.2) is 54.6 Å². The van der Waals surface area contributed by atoms with E-state index in [1.807, 2.05) is 47.4 Å². The fourth-order valence-corrected chi connectivity index (χ4v) is 2.95. The first kappa shape index (κ1) is 16.2. The lowest BCUT2D eigenvalue weighted by Gasteiger charge is -2.15. The molecule has 0 aliphatic carbocycles. The van der Waals surface area contributed by atoms with E-state index in [-0.39, 0.29) is 11.8 Å². The predicted octanol–water partition coefficient (Wildman–Crippen LogP) is 2.71. The Labute approximate surface area is 142 Å². The van der Waals surface area contributed by atoms with E-state index in [1.54, 1.807) is 0 Å². The number of rotatable bonds is 6. The third kappa shape index (κ3) is 4.22. The zero-order chi connectivity index (χ0) is 16.8. The minimum Gasteiger partial charge on any atom is -0.355 e. The molecule has 1 aliphatic heterocycles. The third-order valence-corrected chi connectivity index (χ3v) is 4.26. The van der Waals surface area contributed by atoms with E-state index in [1.165, 1.54) is 5.56 Å². The lowest BCUT2D eigenvalue weighted by Crippen LogP contribution is -2.27. The summed E-state index contributed by atoms with van der Waals surface area (Å²) >= 11 is 0. The number of carbonyl (C=O) groups is 2. The first-order valence-electron chi connectivity index (χ1n) is 8.42. The smallest absolute Gasteiger partial charge is 0.227 e. The fraction of sp³-hybridized carbons (Fsp3) is 0.300. The normalized spacial score (nSPS) is 14.0. The highest BCUT2D eigenvalue weighted by atomic mass is 16.2. The van der Waals surface area contributed by atoms with Gasteiger partial charge in [0.15, 0.2) is 0 Å². The summed E-state index contributed by atoms with van der Waals surface area (Å²) < 4.78 is 0. The van der Waals surface area contributed by atoms with Crippen molar-refractivity contribution in [3.8, 4) is 0 Å². The van der Waals surface area contributed by atoms with Crippen molar-refractivity contribution >= 4 is 17.5 Å². The number of anilines is 1. The summed E-state index contributed by atoms with van der Waals surface area (Å²) in [5.74, 6) is 0.206. The molecule has 2 aromatic carbocycles. The second kappa shape index (κ2) is 7.77. The standard InChI is InChI=1S/C20H22N2O2/c23-19(21-13-12-16-5-2-1-3-6-16)15-17-8-10-18(11-9-17)22-14-4-7-20(22)24/h1-3,5-6,8-11H,4,7,12-15H2,(H,21,23). The lowest BCUT2D eigenvalue weighted by molar-refractivity contribution is -0.120. The zero-order valence-electron chi connectivity index (χ0n) is 13.7. The van der Waals surface area contributed by atoms with Gasteiger partial charge in [-0.25, -0.2) is 0 Å². The highest BCUT2D eigenvalue weighted by Gasteiger charge is 2.21. The van der Waals surface area contributed by atoms with Crippen molar-refractivity contribution in [2.75, 3.05) is 18.0 Å². The minimum absolute atomic E-state index is 0.0240. The van der Waals surface area contributed by atoms with Crippen LogP contribution in [0.25, 0.3) is 0 Å². The Morgan fingerprint density at radius 2 is 1.75 bits per heavy atom. The molecule has 0 aromatic heterocycles. The number of nitrogens with one attached hydrogen (secondary N) is 1. The molecule has 0 spiro atoms. The molecule has 4 nitrogen and oxygen atoms in total. The summed E-state index contributed by atoms with van der Waals surface area (Å²) in [4.78, 5) is 25.6. The van der Waals surface area contributed by atoms with Gasteiger partial charge in [-0.05, 0) is 36.1 Å². The first-order valence-corrected chi connectivity index (χ1v) is 8.42. The topological polar surface area (TPSA) is 49.4 Å². The SMILES string of the molecule is O=C(Cc1ccc(N2CCCC2=O)cc1)NCCc1ccccc1. The van der Waals surface area contributed by atoms with E-state index in [4.69, 9.17) is 0 Å². The molecule has 4 heteroatoms. The molecule has 0 unspecified atom stereocenters. The summed E-state index contributed by atoms with van der Waals surface area (Å²) in [7, 11) is 0. The predicted molar refractivity (Wildman–Crippen MR) is 94.9 cm³/mol. The Kier molecular flexibility index (Phi) is 5.26. The van der Waals surface area contributed by atoms with Crippen LogP contribution >= 0.6 is 0 Å². The summed E-state index contributed by atoms with van der Waals surface area (Å²) in [6.07, 6.45) is 2.75. The highest BCUT2D eigenvalue weighted by Crippen LogP contribution is 2.21. The molecule has 1 heterocycles. The van der Waals surface area contributed by atoms with Gasteiger partial charge in [-0.2, -0.15) is 0 Å². The molecule has 3 rings (SSSR count). The maximum atomic E-state index is 12.0. The van der Waals surface area contributed by atoms with Gasteiger partial charge in [-0.3, -0.25) is 9.59 Å². The van der Waals surface area contributed by atoms with Crippen molar-refractivity contribution in [3.63, 3.8) is 0 Å². The molecule has 1 N–H and O–H groups in total. The molecule has 24 heavy (non-hydrogen) atoms. The second-order valence-electron chi connectivity index (χ2n) is 6.08.